The second-order valence-electron chi connectivity index (χ2n) is 3.28. The average molecular weight is 216 g/mol. The minimum atomic E-state index is -0.143. The van der Waals surface area contributed by atoms with E-state index in [2.05, 4.69) is 10.6 Å². The Morgan fingerprint density at radius 3 is 2.07 bits per heavy atom. The molecule has 0 fully saturated rings. The molecular formula is C10H20N2O3. The molecule has 0 bridgehead atoms. The van der Waals surface area contributed by atoms with Gasteiger partial charge in [-0.1, -0.05) is 6.92 Å². The van der Waals surface area contributed by atoms with Gasteiger partial charge in [-0.2, -0.15) is 0 Å². The van der Waals surface area contributed by atoms with Gasteiger partial charge in [0.05, 0.1) is 0 Å². The molecule has 0 heterocycles. The van der Waals surface area contributed by atoms with E-state index >= 15 is 0 Å². The van der Waals surface area contributed by atoms with Gasteiger partial charge < -0.3 is 15.7 Å². The molecule has 0 radical (unpaired) electrons. The van der Waals surface area contributed by atoms with Gasteiger partial charge in [-0.15, -0.1) is 0 Å². The van der Waals surface area contributed by atoms with Crippen LogP contribution in [0.1, 0.15) is 32.6 Å². The number of hydrogen-bond acceptors (Lipinski definition) is 3. The first-order valence-electron chi connectivity index (χ1n) is 5.35. The highest BCUT2D eigenvalue weighted by atomic mass is 16.3. The van der Waals surface area contributed by atoms with Crippen LogP contribution in [-0.4, -0.2) is 36.6 Å². The lowest BCUT2D eigenvalue weighted by Gasteiger charge is -2.04. The Bertz CT molecular complexity index is 195. The summed E-state index contributed by atoms with van der Waals surface area (Å²) in [6.45, 7) is 3.16. The van der Waals surface area contributed by atoms with Crippen molar-refractivity contribution in [3.63, 3.8) is 0 Å². The molecule has 5 heteroatoms. The van der Waals surface area contributed by atoms with E-state index in [1.54, 1.807) is 0 Å². The van der Waals surface area contributed by atoms with Crippen LogP contribution in [0.5, 0.6) is 0 Å². The lowest BCUT2D eigenvalue weighted by molar-refractivity contribution is -0.126. The van der Waals surface area contributed by atoms with Crippen LogP contribution in [0.4, 0.5) is 0 Å². The fourth-order valence-corrected chi connectivity index (χ4v) is 0.975. The van der Waals surface area contributed by atoms with Crippen molar-refractivity contribution in [1.29, 1.82) is 0 Å². The fourth-order valence-electron chi connectivity index (χ4n) is 0.975. The van der Waals surface area contributed by atoms with Gasteiger partial charge in [0.15, 0.2) is 0 Å². The molecule has 0 spiro atoms. The molecule has 5 nitrogen and oxygen atoms in total. The van der Waals surface area contributed by atoms with Crippen molar-refractivity contribution >= 4 is 11.8 Å². The van der Waals surface area contributed by atoms with Crippen LogP contribution in [0.2, 0.25) is 0 Å². The van der Waals surface area contributed by atoms with Crippen molar-refractivity contribution in [2.75, 3.05) is 19.7 Å². The van der Waals surface area contributed by atoms with Gasteiger partial charge in [-0.25, -0.2) is 0 Å². The zero-order valence-electron chi connectivity index (χ0n) is 9.21. The maximum atomic E-state index is 11.1. The minimum Gasteiger partial charge on any atom is -0.396 e. The lowest BCUT2D eigenvalue weighted by atomic mass is 10.2. The molecule has 15 heavy (non-hydrogen) atoms. The van der Waals surface area contributed by atoms with E-state index in [0.717, 1.165) is 6.42 Å². The van der Waals surface area contributed by atoms with Crippen molar-refractivity contribution in [3.8, 4) is 0 Å². The van der Waals surface area contributed by atoms with Crippen LogP contribution in [0, 0.1) is 0 Å². The maximum absolute atomic E-state index is 11.1. The van der Waals surface area contributed by atoms with Crippen LogP contribution in [0.15, 0.2) is 0 Å². The highest BCUT2D eigenvalue weighted by Gasteiger charge is 2.05. The quantitative estimate of drug-likeness (QED) is 0.491. The molecule has 0 aromatic rings. The summed E-state index contributed by atoms with van der Waals surface area (Å²) in [5.74, 6) is -0.232. The number of nitrogens with one attached hydrogen (secondary N) is 2. The van der Waals surface area contributed by atoms with Gasteiger partial charge in [0.25, 0.3) is 0 Å². The molecule has 0 rings (SSSR count). The van der Waals surface area contributed by atoms with E-state index in [9.17, 15) is 9.59 Å². The standard InChI is InChI=1S/C10H20N2O3/c1-2-6-11-9(14)4-5-10(15)12-7-3-8-13/h13H,2-8H2,1H3,(H,11,14)(H,12,15). The number of carbonyl (C=O) groups is 2. The first-order chi connectivity index (χ1) is 7.20. The monoisotopic (exact) mass is 216 g/mol. The Morgan fingerprint density at radius 2 is 1.60 bits per heavy atom. The van der Waals surface area contributed by atoms with E-state index in [4.69, 9.17) is 5.11 Å². The van der Waals surface area contributed by atoms with Gasteiger partial charge >= 0.3 is 0 Å². The molecule has 0 saturated carbocycles. The highest BCUT2D eigenvalue weighted by molar-refractivity contribution is 5.83. The van der Waals surface area contributed by atoms with E-state index in [0.29, 0.717) is 19.5 Å². The second-order valence-corrected chi connectivity index (χ2v) is 3.28. The predicted octanol–water partition coefficient (Wildman–Crippen LogP) is -0.209. The van der Waals surface area contributed by atoms with Crippen molar-refractivity contribution in [3.05, 3.63) is 0 Å². The Morgan fingerprint density at radius 1 is 1.07 bits per heavy atom. The van der Waals surface area contributed by atoms with Gasteiger partial charge in [-0.3, -0.25) is 9.59 Å². The maximum Gasteiger partial charge on any atom is 0.220 e. The SMILES string of the molecule is CCCNC(=O)CCC(=O)NCCCO. The Hall–Kier alpha value is -1.10. The topological polar surface area (TPSA) is 78.4 Å². The van der Waals surface area contributed by atoms with Crippen molar-refractivity contribution < 1.29 is 14.7 Å². The molecule has 0 aromatic carbocycles. The second kappa shape index (κ2) is 9.45. The molecule has 0 saturated heterocycles. The number of aliphatic hydroxyl groups is 1. The third-order valence-electron chi connectivity index (χ3n) is 1.81. The third kappa shape index (κ3) is 9.21. The van der Waals surface area contributed by atoms with Crippen molar-refractivity contribution in [2.45, 2.75) is 32.6 Å². The molecule has 0 aliphatic carbocycles. The van der Waals surface area contributed by atoms with Gasteiger partial charge in [0.1, 0.15) is 0 Å². The zero-order valence-corrected chi connectivity index (χ0v) is 9.21. The van der Waals surface area contributed by atoms with E-state index in [1.165, 1.54) is 0 Å². The summed E-state index contributed by atoms with van der Waals surface area (Å²) in [4.78, 5) is 22.2. The molecule has 3 N–H and O–H groups in total. The van der Waals surface area contributed by atoms with Crippen molar-refractivity contribution in [2.24, 2.45) is 0 Å². The summed E-state index contributed by atoms with van der Waals surface area (Å²) in [6.07, 6.45) is 1.88. The predicted molar refractivity (Wildman–Crippen MR) is 57.2 cm³/mol. The number of amides is 2. The normalized spacial score (nSPS) is 9.73. The molecule has 0 aliphatic rings. The van der Waals surface area contributed by atoms with Gasteiger partial charge in [0.2, 0.25) is 11.8 Å². The smallest absolute Gasteiger partial charge is 0.220 e. The van der Waals surface area contributed by atoms with Crippen LogP contribution < -0.4 is 10.6 Å². The number of rotatable bonds is 8. The summed E-state index contributed by atoms with van der Waals surface area (Å²) in [5, 5.41) is 13.8. The Labute approximate surface area is 90.2 Å². The summed E-state index contributed by atoms with van der Waals surface area (Å²) < 4.78 is 0. The summed E-state index contributed by atoms with van der Waals surface area (Å²) in [7, 11) is 0. The molecule has 88 valence electrons. The van der Waals surface area contributed by atoms with E-state index in [-0.39, 0.29) is 31.3 Å². The largest absolute Gasteiger partial charge is 0.396 e. The summed E-state index contributed by atoms with van der Waals surface area (Å²) in [6, 6.07) is 0. The first kappa shape index (κ1) is 13.9. The molecule has 0 aromatic heterocycles. The zero-order chi connectivity index (χ0) is 11.5. The average Bonchev–Trinajstić information content (AvgIpc) is 2.24. The Kier molecular flexibility index (Phi) is 8.76. The van der Waals surface area contributed by atoms with E-state index in [1.807, 2.05) is 6.92 Å². The summed E-state index contributed by atoms with van der Waals surface area (Å²) >= 11 is 0. The molecular weight excluding hydrogens is 196 g/mol. The molecule has 0 unspecified atom stereocenters. The van der Waals surface area contributed by atoms with Gasteiger partial charge in [0, 0.05) is 32.5 Å². The van der Waals surface area contributed by atoms with Crippen LogP contribution in [-0.2, 0) is 9.59 Å². The molecule has 0 atom stereocenters. The lowest BCUT2D eigenvalue weighted by Crippen LogP contribution is -2.28. The number of aliphatic hydroxyl groups excluding tert-OH is 1. The number of hydrogen-bond donors (Lipinski definition) is 3. The van der Waals surface area contributed by atoms with Crippen LogP contribution in [0.3, 0.4) is 0 Å². The number of carbonyl (C=O) groups excluding carboxylic acids is 2. The minimum absolute atomic E-state index is 0.0667. The molecule has 0 aliphatic heterocycles. The third-order valence-corrected chi connectivity index (χ3v) is 1.81. The highest BCUT2D eigenvalue weighted by Crippen LogP contribution is 1.89. The van der Waals surface area contributed by atoms with Crippen LogP contribution >= 0.6 is 0 Å². The first-order valence-corrected chi connectivity index (χ1v) is 5.35. The van der Waals surface area contributed by atoms with E-state index < -0.39 is 0 Å². The van der Waals surface area contributed by atoms with Gasteiger partial charge in [-0.05, 0) is 12.8 Å². The molecule has 2 amide bonds. The van der Waals surface area contributed by atoms with Crippen LogP contribution in [0.25, 0.3) is 0 Å². The van der Waals surface area contributed by atoms with Crippen molar-refractivity contribution in [1.82, 2.24) is 10.6 Å². The summed E-state index contributed by atoms with van der Waals surface area (Å²) in [5.41, 5.74) is 0. The fraction of sp³-hybridized carbons (Fsp3) is 0.800. The Balaban J connectivity index is 3.40.